The molecule has 0 saturated carbocycles. The van der Waals surface area contributed by atoms with Crippen molar-refractivity contribution in [2.75, 3.05) is 0 Å². The van der Waals surface area contributed by atoms with Gasteiger partial charge in [0.2, 0.25) is 0 Å². The number of fused-ring (bicyclic) bond motifs is 1. The van der Waals surface area contributed by atoms with Gasteiger partial charge in [0.1, 0.15) is 17.2 Å². The topological polar surface area (TPSA) is 66.8 Å². The molecule has 7 heteroatoms. The van der Waals surface area contributed by atoms with Crippen LogP contribution in [0.2, 0.25) is 0 Å². The summed E-state index contributed by atoms with van der Waals surface area (Å²) in [6.45, 7) is 1.86. The summed E-state index contributed by atoms with van der Waals surface area (Å²) < 4.78 is 47.3. The summed E-state index contributed by atoms with van der Waals surface area (Å²) in [5.74, 6) is -1.00. The Kier molecular flexibility index (Phi) is 6.03. The minimum atomic E-state index is -4.72. The van der Waals surface area contributed by atoms with E-state index in [1.165, 1.54) is 18.2 Å². The van der Waals surface area contributed by atoms with Gasteiger partial charge in [0.25, 0.3) is 0 Å². The van der Waals surface area contributed by atoms with Crippen LogP contribution in [0.15, 0.2) is 78.9 Å². The molecule has 0 amide bonds. The van der Waals surface area contributed by atoms with Gasteiger partial charge in [-0.15, -0.1) is 0 Å². The molecule has 0 radical (unpaired) electrons. The molecule has 0 spiro atoms. The molecule has 0 atom stereocenters. The summed E-state index contributed by atoms with van der Waals surface area (Å²) in [5, 5.41) is 20.0. The minimum Gasteiger partial charge on any atom is -0.508 e. The number of hydrogen-bond acceptors (Lipinski definition) is 3. The van der Waals surface area contributed by atoms with Crippen molar-refractivity contribution in [1.29, 1.82) is 0 Å². The van der Waals surface area contributed by atoms with Crippen molar-refractivity contribution in [1.82, 2.24) is 0 Å². The summed E-state index contributed by atoms with van der Waals surface area (Å²) in [4.78, 5) is 10.8. The lowest BCUT2D eigenvalue weighted by Gasteiger charge is -2.19. The maximum atomic E-state index is 13.7. The van der Waals surface area contributed by atoms with Crippen molar-refractivity contribution in [2.45, 2.75) is 13.1 Å². The van der Waals surface area contributed by atoms with E-state index in [9.17, 15) is 23.1 Å². The van der Waals surface area contributed by atoms with E-state index in [0.29, 0.717) is 28.2 Å². The van der Waals surface area contributed by atoms with Crippen molar-refractivity contribution in [3.8, 4) is 28.4 Å². The zero-order valence-corrected chi connectivity index (χ0v) is 17.9. The molecule has 0 bridgehead atoms. The molecule has 2 N–H and O–H groups in total. The zero-order chi connectivity index (χ0) is 24.5. The molecule has 0 aliphatic rings. The van der Waals surface area contributed by atoms with Crippen molar-refractivity contribution < 1.29 is 32.9 Å². The Balaban J connectivity index is 1.91. The predicted octanol–water partition coefficient (Wildman–Crippen LogP) is 7.43. The second-order valence-electron chi connectivity index (χ2n) is 7.69. The molecule has 0 aromatic heterocycles. The Hall–Kier alpha value is -4.26. The van der Waals surface area contributed by atoms with E-state index in [0.717, 1.165) is 23.3 Å². The summed E-state index contributed by atoms with van der Waals surface area (Å²) in [6, 6.07) is 19.3. The highest BCUT2D eigenvalue weighted by molar-refractivity contribution is 5.97. The number of carbonyl (C=O) groups is 1. The van der Waals surface area contributed by atoms with E-state index in [4.69, 9.17) is 9.84 Å². The quantitative estimate of drug-likeness (QED) is 0.302. The number of aromatic hydroxyl groups is 1. The number of alkyl halides is 3. The van der Waals surface area contributed by atoms with Crippen LogP contribution in [-0.2, 0) is 11.0 Å². The predicted molar refractivity (Wildman–Crippen MR) is 124 cm³/mol. The molecule has 4 aromatic carbocycles. The maximum Gasteiger partial charge on any atom is 0.417 e. The number of rotatable bonds is 5. The highest BCUT2D eigenvalue weighted by Crippen LogP contribution is 2.44. The molecule has 0 unspecified atom stereocenters. The van der Waals surface area contributed by atoms with Crippen LogP contribution < -0.4 is 4.74 Å². The van der Waals surface area contributed by atoms with Crippen LogP contribution in [0.25, 0.3) is 28.0 Å². The van der Waals surface area contributed by atoms with Gasteiger partial charge in [0, 0.05) is 17.0 Å². The van der Waals surface area contributed by atoms with Crippen LogP contribution in [0.5, 0.6) is 17.2 Å². The highest BCUT2D eigenvalue weighted by Gasteiger charge is 2.33. The monoisotopic (exact) mass is 464 g/mol. The number of hydrogen-bond donors (Lipinski definition) is 2. The average molecular weight is 464 g/mol. The Morgan fingerprint density at radius 2 is 1.71 bits per heavy atom. The number of aryl methyl sites for hydroxylation is 1. The SMILES string of the molecule is Cc1cc2cc(O)ccc2c(Oc2ccc(/C=C/C(=O)O)c(C(F)(F)F)c2)c1-c1ccccc1. The molecule has 0 fully saturated rings. The zero-order valence-electron chi connectivity index (χ0n) is 17.9. The second-order valence-corrected chi connectivity index (χ2v) is 7.69. The first-order valence-electron chi connectivity index (χ1n) is 10.3. The van der Waals surface area contributed by atoms with Crippen LogP contribution in [0, 0.1) is 6.92 Å². The van der Waals surface area contributed by atoms with Crippen molar-refractivity contribution in [3.05, 3.63) is 95.6 Å². The molecule has 0 heterocycles. The molecule has 0 saturated heterocycles. The fraction of sp³-hybridized carbons (Fsp3) is 0.0741. The fourth-order valence-electron chi connectivity index (χ4n) is 3.83. The third-order valence-electron chi connectivity index (χ3n) is 5.29. The largest absolute Gasteiger partial charge is 0.508 e. The number of phenols is 1. The van der Waals surface area contributed by atoms with Gasteiger partial charge in [-0.1, -0.05) is 42.5 Å². The number of aliphatic carboxylic acids is 1. The van der Waals surface area contributed by atoms with Crippen molar-refractivity contribution in [3.63, 3.8) is 0 Å². The first-order valence-corrected chi connectivity index (χ1v) is 10.3. The molecule has 0 aliphatic carbocycles. The van der Waals surface area contributed by atoms with Gasteiger partial charge < -0.3 is 14.9 Å². The summed E-state index contributed by atoms with van der Waals surface area (Å²) in [7, 11) is 0. The van der Waals surface area contributed by atoms with E-state index < -0.39 is 17.7 Å². The summed E-state index contributed by atoms with van der Waals surface area (Å²) >= 11 is 0. The lowest BCUT2D eigenvalue weighted by atomic mass is 9.94. The Morgan fingerprint density at radius 1 is 0.971 bits per heavy atom. The van der Waals surface area contributed by atoms with E-state index in [1.54, 1.807) is 12.1 Å². The maximum absolute atomic E-state index is 13.7. The third kappa shape index (κ3) is 4.73. The number of benzene rings is 4. The second kappa shape index (κ2) is 8.94. The smallest absolute Gasteiger partial charge is 0.417 e. The number of ether oxygens (including phenoxy) is 1. The standard InChI is InChI=1S/C27H19F3O4/c1-16-13-19-14-20(31)9-11-22(19)26(25(16)18-5-3-2-4-6-18)34-21-10-7-17(8-12-24(32)33)23(15-21)27(28,29)30/h2-15,31H,1H3,(H,32,33)/b12-8+. The molecule has 34 heavy (non-hydrogen) atoms. The summed E-state index contributed by atoms with van der Waals surface area (Å²) in [6.07, 6.45) is -3.17. The van der Waals surface area contributed by atoms with Crippen LogP contribution >= 0.6 is 0 Å². The first kappa shape index (κ1) is 22.9. The lowest BCUT2D eigenvalue weighted by molar-refractivity contribution is -0.138. The molecular weight excluding hydrogens is 445 g/mol. The van der Waals surface area contributed by atoms with Gasteiger partial charge in [-0.2, -0.15) is 13.2 Å². The van der Waals surface area contributed by atoms with Crippen molar-refractivity contribution in [2.24, 2.45) is 0 Å². The number of halogens is 3. The molecule has 4 rings (SSSR count). The third-order valence-corrected chi connectivity index (χ3v) is 5.29. The van der Waals surface area contributed by atoms with Crippen molar-refractivity contribution >= 4 is 22.8 Å². The van der Waals surface area contributed by atoms with Crippen LogP contribution in [0.3, 0.4) is 0 Å². The van der Waals surface area contributed by atoms with Crippen LogP contribution in [0.4, 0.5) is 13.2 Å². The number of phenolic OH excluding ortho intramolecular Hbond substituents is 1. The average Bonchev–Trinajstić information content (AvgIpc) is 2.77. The van der Waals surface area contributed by atoms with Gasteiger partial charge in [-0.05, 0) is 65.4 Å². The van der Waals surface area contributed by atoms with Gasteiger partial charge >= 0.3 is 12.1 Å². The van der Waals surface area contributed by atoms with E-state index in [1.807, 2.05) is 43.3 Å². The molecule has 4 aromatic rings. The molecule has 4 nitrogen and oxygen atoms in total. The molecule has 0 aliphatic heterocycles. The minimum absolute atomic E-state index is 0.0549. The number of carboxylic acid groups (broad SMARTS) is 1. The first-order chi connectivity index (χ1) is 16.1. The lowest BCUT2D eigenvalue weighted by Crippen LogP contribution is -2.08. The van der Waals surface area contributed by atoms with Gasteiger partial charge in [-0.25, -0.2) is 4.79 Å². The highest BCUT2D eigenvalue weighted by atomic mass is 19.4. The normalized spacial score (nSPS) is 11.8. The van der Waals surface area contributed by atoms with Crippen LogP contribution in [0.1, 0.15) is 16.7 Å². The fourth-order valence-corrected chi connectivity index (χ4v) is 3.83. The Morgan fingerprint density at radius 3 is 2.38 bits per heavy atom. The van der Waals surface area contributed by atoms with Gasteiger partial charge in [0.15, 0.2) is 0 Å². The van der Waals surface area contributed by atoms with E-state index in [-0.39, 0.29) is 17.1 Å². The van der Waals surface area contributed by atoms with Crippen LogP contribution in [-0.4, -0.2) is 16.2 Å². The van der Waals surface area contributed by atoms with E-state index >= 15 is 0 Å². The number of carboxylic acids is 1. The van der Waals surface area contributed by atoms with E-state index in [2.05, 4.69) is 0 Å². The molecular formula is C27H19F3O4. The Labute approximate surface area is 193 Å². The molecule has 172 valence electrons. The van der Waals surface area contributed by atoms with Gasteiger partial charge in [0.05, 0.1) is 5.56 Å². The summed E-state index contributed by atoms with van der Waals surface area (Å²) in [5.41, 5.74) is 1.04. The Bertz CT molecular complexity index is 1410. The van der Waals surface area contributed by atoms with Gasteiger partial charge in [-0.3, -0.25) is 0 Å².